The van der Waals surface area contributed by atoms with Crippen molar-refractivity contribution >= 4 is 28.9 Å². The first-order valence-electron chi connectivity index (χ1n) is 9.60. The average molecular weight is 397 g/mol. The molecular formula is C24H25ClO3. The van der Waals surface area contributed by atoms with Crippen LogP contribution in [0.2, 0.25) is 5.02 Å². The number of halogens is 1. The van der Waals surface area contributed by atoms with Crippen LogP contribution < -0.4 is 0 Å². The number of Topliss-reactive ketones (excluding diaryl/α,β-unsaturated/α-hetero) is 1. The smallest absolute Gasteiger partial charge is 0.313 e. The Bertz CT molecular complexity index is 939. The van der Waals surface area contributed by atoms with E-state index in [0.29, 0.717) is 29.2 Å². The predicted octanol–water partition coefficient (Wildman–Crippen LogP) is 6.01. The Labute approximate surface area is 171 Å². The van der Waals surface area contributed by atoms with Gasteiger partial charge in [0.05, 0.1) is 11.5 Å². The first kappa shape index (κ1) is 20.3. The molecule has 0 saturated carbocycles. The molecule has 0 aromatic heterocycles. The van der Waals surface area contributed by atoms with E-state index in [-0.39, 0.29) is 23.6 Å². The van der Waals surface area contributed by atoms with Crippen LogP contribution in [-0.4, -0.2) is 11.8 Å². The minimum absolute atomic E-state index is 0.0190. The van der Waals surface area contributed by atoms with Crippen LogP contribution in [0.1, 0.15) is 54.9 Å². The van der Waals surface area contributed by atoms with Gasteiger partial charge in [-0.3, -0.25) is 9.59 Å². The molecule has 146 valence electrons. The van der Waals surface area contributed by atoms with Gasteiger partial charge in [-0.2, -0.15) is 0 Å². The highest BCUT2D eigenvalue weighted by molar-refractivity contribution is 6.30. The largest absolute Gasteiger partial charge is 0.429 e. The van der Waals surface area contributed by atoms with Crippen molar-refractivity contribution in [1.29, 1.82) is 0 Å². The van der Waals surface area contributed by atoms with Gasteiger partial charge in [-0.15, -0.1) is 0 Å². The number of hydrogen-bond donors (Lipinski definition) is 0. The van der Waals surface area contributed by atoms with Crippen LogP contribution in [0.25, 0.3) is 5.57 Å². The third-order valence-corrected chi connectivity index (χ3v) is 5.37. The second kappa shape index (κ2) is 8.32. The molecule has 3 nitrogen and oxygen atoms in total. The Balaban J connectivity index is 2.21. The molecule has 0 aliphatic heterocycles. The van der Waals surface area contributed by atoms with Crippen LogP contribution in [0.3, 0.4) is 0 Å². The van der Waals surface area contributed by atoms with Crippen LogP contribution in [0, 0.1) is 19.8 Å². The number of carbonyl (C=O) groups excluding carboxylic acids is 2. The van der Waals surface area contributed by atoms with Crippen LogP contribution in [0.15, 0.2) is 48.2 Å². The lowest BCUT2D eigenvalue weighted by Gasteiger charge is -2.29. The van der Waals surface area contributed by atoms with Gasteiger partial charge in [-0.25, -0.2) is 0 Å². The minimum atomic E-state index is -0.327. The van der Waals surface area contributed by atoms with Crippen molar-refractivity contribution in [1.82, 2.24) is 0 Å². The average Bonchev–Trinajstić information content (AvgIpc) is 2.65. The number of hydrogen-bond acceptors (Lipinski definition) is 3. The molecule has 1 aliphatic carbocycles. The van der Waals surface area contributed by atoms with Gasteiger partial charge >= 0.3 is 5.97 Å². The van der Waals surface area contributed by atoms with Crippen molar-refractivity contribution in [3.63, 3.8) is 0 Å². The van der Waals surface area contributed by atoms with Gasteiger partial charge in [0.25, 0.3) is 0 Å². The molecule has 0 N–H and O–H groups in total. The fraction of sp³-hybridized carbons (Fsp3) is 0.333. The van der Waals surface area contributed by atoms with Gasteiger partial charge in [0, 0.05) is 17.4 Å². The summed E-state index contributed by atoms with van der Waals surface area (Å²) in [5.74, 6) is -0.286. The van der Waals surface area contributed by atoms with Gasteiger partial charge < -0.3 is 4.74 Å². The van der Waals surface area contributed by atoms with E-state index < -0.39 is 0 Å². The van der Waals surface area contributed by atoms with E-state index in [1.807, 2.05) is 56.3 Å². The maximum Gasteiger partial charge on any atom is 0.313 e. The lowest BCUT2D eigenvalue weighted by Crippen LogP contribution is -2.23. The molecule has 1 aliphatic rings. The Kier molecular flexibility index (Phi) is 6.04. The molecule has 0 heterocycles. The van der Waals surface area contributed by atoms with Crippen LogP contribution in [0.5, 0.6) is 0 Å². The maximum absolute atomic E-state index is 13.0. The van der Waals surface area contributed by atoms with Crippen molar-refractivity contribution in [2.45, 2.75) is 46.5 Å². The molecule has 0 fully saturated rings. The molecule has 0 bridgehead atoms. The van der Waals surface area contributed by atoms with Gasteiger partial charge in [-0.05, 0) is 49.1 Å². The summed E-state index contributed by atoms with van der Waals surface area (Å²) in [7, 11) is 0. The zero-order valence-electron chi connectivity index (χ0n) is 16.7. The van der Waals surface area contributed by atoms with E-state index in [2.05, 4.69) is 0 Å². The van der Waals surface area contributed by atoms with Gasteiger partial charge in [-0.1, -0.05) is 61.3 Å². The quantitative estimate of drug-likeness (QED) is 0.594. The summed E-state index contributed by atoms with van der Waals surface area (Å²) in [6.45, 7) is 7.56. The van der Waals surface area contributed by atoms with E-state index in [9.17, 15) is 9.59 Å². The summed E-state index contributed by atoms with van der Waals surface area (Å²) in [5, 5.41) is 0.648. The lowest BCUT2D eigenvalue weighted by molar-refractivity contribution is -0.143. The van der Waals surface area contributed by atoms with E-state index in [1.54, 1.807) is 13.8 Å². The van der Waals surface area contributed by atoms with Crippen LogP contribution in [-0.2, 0) is 14.3 Å². The Hall–Kier alpha value is -2.39. The molecule has 0 saturated heterocycles. The minimum Gasteiger partial charge on any atom is -0.429 e. The molecular weight excluding hydrogens is 372 g/mol. The van der Waals surface area contributed by atoms with Crippen molar-refractivity contribution in [3.05, 3.63) is 75.5 Å². The number of allylic oxidation sites excluding steroid dienone is 2. The topological polar surface area (TPSA) is 43.4 Å². The van der Waals surface area contributed by atoms with Crippen LogP contribution >= 0.6 is 11.6 Å². The van der Waals surface area contributed by atoms with Gasteiger partial charge in [0.1, 0.15) is 5.76 Å². The number of ketones is 1. The first-order valence-corrected chi connectivity index (χ1v) is 9.98. The van der Waals surface area contributed by atoms with E-state index in [0.717, 1.165) is 22.3 Å². The third kappa shape index (κ3) is 4.20. The Morgan fingerprint density at radius 1 is 1.11 bits per heavy atom. The maximum atomic E-state index is 13.0. The second-order valence-corrected chi connectivity index (χ2v) is 8.14. The molecule has 0 spiro atoms. The fourth-order valence-corrected chi connectivity index (χ4v) is 3.62. The van der Waals surface area contributed by atoms with Gasteiger partial charge in [0.2, 0.25) is 0 Å². The zero-order chi connectivity index (χ0) is 20.4. The summed E-state index contributed by atoms with van der Waals surface area (Å²) >= 11 is 6.05. The molecule has 3 rings (SSSR count). The van der Waals surface area contributed by atoms with Crippen molar-refractivity contribution in [3.8, 4) is 0 Å². The third-order valence-electron chi connectivity index (χ3n) is 5.12. The second-order valence-electron chi connectivity index (χ2n) is 7.70. The summed E-state index contributed by atoms with van der Waals surface area (Å²) in [6, 6.07) is 13.5. The van der Waals surface area contributed by atoms with Crippen molar-refractivity contribution < 1.29 is 14.3 Å². The molecule has 2 aromatic rings. The molecule has 0 amide bonds. The first-order chi connectivity index (χ1) is 13.3. The molecule has 2 aromatic carbocycles. The summed E-state index contributed by atoms with van der Waals surface area (Å²) < 4.78 is 5.87. The highest BCUT2D eigenvalue weighted by Gasteiger charge is 2.34. The standard InChI is InChI=1S/C24H25ClO3/c1-14(2)24(27)28-23-19(17-7-9-18(25)10-8-17)11-12-21(26)22(23)20-13-15(3)5-6-16(20)4/h5-10,13-14,19H,11-12H2,1-4H3. The van der Waals surface area contributed by atoms with E-state index in [1.165, 1.54) is 0 Å². The Morgan fingerprint density at radius 3 is 2.43 bits per heavy atom. The summed E-state index contributed by atoms with van der Waals surface area (Å²) in [5.41, 5.74) is 4.41. The number of ether oxygens (including phenoxy) is 1. The number of benzene rings is 2. The highest BCUT2D eigenvalue weighted by atomic mass is 35.5. The normalized spacial score (nSPS) is 17.2. The van der Waals surface area contributed by atoms with Gasteiger partial charge in [0.15, 0.2) is 5.78 Å². The van der Waals surface area contributed by atoms with E-state index in [4.69, 9.17) is 16.3 Å². The molecule has 1 unspecified atom stereocenters. The molecule has 4 heteroatoms. The molecule has 0 radical (unpaired) electrons. The van der Waals surface area contributed by atoms with Crippen LogP contribution in [0.4, 0.5) is 0 Å². The lowest BCUT2D eigenvalue weighted by atomic mass is 9.79. The molecule has 28 heavy (non-hydrogen) atoms. The van der Waals surface area contributed by atoms with E-state index >= 15 is 0 Å². The van der Waals surface area contributed by atoms with Crippen molar-refractivity contribution in [2.75, 3.05) is 0 Å². The predicted molar refractivity (Wildman–Crippen MR) is 112 cm³/mol. The highest BCUT2D eigenvalue weighted by Crippen LogP contribution is 2.42. The fourth-order valence-electron chi connectivity index (χ4n) is 3.49. The number of carbonyl (C=O) groups is 2. The van der Waals surface area contributed by atoms with Crippen molar-refractivity contribution in [2.24, 2.45) is 5.92 Å². The zero-order valence-corrected chi connectivity index (χ0v) is 17.5. The SMILES string of the molecule is Cc1ccc(C)c(C2=C(OC(=O)C(C)C)C(c3ccc(Cl)cc3)CCC2=O)c1. The molecule has 1 atom stereocenters. The number of rotatable bonds is 4. The Morgan fingerprint density at radius 2 is 1.79 bits per heavy atom. The number of esters is 1. The number of aryl methyl sites for hydroxylation is 2. The summed E-state index contributed by atoms with van der Waals surface area (Å²) in [4.78, 5) is 25.5. The summed E-state index contributed by atoms with van der Waals surface area (Å²) in [6.07, 6.45) is 1.02. The monoisotopic (exact) mass is 396 g/mol.